The van der Waals surface area contributed by atoms with Gasteiger partial charge >= 0.3 is 6.03 Å². The minimum atomic E-state index is 0.0571. The number of likely N-dealkylation sites (tertiary alicyclic amines) is 1. The molecule has 2 amide bonds. The second kappa shape index (κ2) is 7.88. The number of ether oxygens (including phenoxy) is 1. The number of amides is 2. The molecule has 3 rings (SSSR count). The summed E-state index contributed by atoms with van der Waals surface area (Å²) < 4.78 is 5.58. The standard InChI is InChI=1S/C19H29N3O2/c1-2-11-24-17-7-3-14(4-8-17)9-10-21-19(23)22-12-15-5-6-16(13-22)18(15)20/h3-4,7-8,15-16,18H,2,5-6,9-13,20H2,1H3,(H,21,23)/t15-,16+,18?. The van der Waals surface area contributed by atoms with Gasteiger partial charge in [-0.25, -0.2) is 4.79 Å². The average molecular weight is 331 g/mol. The van der Waals surface area contributed by atoms with Gasteiger partial charge in [-0.15, -0.1) is 0 Å². The Labute approximate surface area is 144 Å². The van der Waals surface area contributed by atoms with Crippen LogP contribution in [0.2, 0.25) is 0 Å². The molecule has 24 heavy (non-hydrogen) atoms. The molecule has 1 unspecified atom stereocenters. The molecule has 1 aliphatic heterocycles. The lowest BCUT2D eigenvalue weighted by atomic mass is 9.93. The Hall–Kier alpha value is -1.75. The van der Waals surface area contributed by atoms with E-state index >= 15 is 0 Å². The topological polar surface area (TPSA) is 67.6 Å². The number of nitrogens with zero attached hydrogens (tertiary/aromatic N) is 1. The maximum Gasteiger partial charge on any atom is 0.317 e. The maximum atomic E-state index is 12.3. The summed E-state index contributed by atoms with van der Waals surface area (Å²) in [5.74, 6) is 1.89. The fourth-order valence-electron chi connectivity index (χ4n) is 3.83. The van der Waals surface area contributed by atoms with Crippen molar-refractivity contribution in [3.63, 3.8) is 0 Å². The van der Waals surface area contributed by atoms with Crippen molar-refractivity contribution in [2.75, 3.05) is 26.2 Å². The van der Waals surface area contributed by atoms with Crippen LogP contribution >= 0.6 is 0 Å². The lowest BCUT2D eigenvalue weighted by molar-refractivity contribution is 0.150. The lowest BCUT2D eigenvalue weighted by Crippen LogP contribution is -2.53. The third-order valence-corrected chi connectivity index (χ3v) is 5.28. The van der Waals surface area contributed by atoms with Crippen molar-refractivity contribution < 1.29 is 9.53 Å². The molecule has 1 heterocycles. The molecule has 0 aromatic heterocycles. The Balaban J connectivity index is 1.41. The van der Waals surface area contributed by atoms with E-state index in [1.807, 2.05) is 17.0 Å². The van der Waals surface area contributed by atoms with Gasteiger partial charge in [-0.2, -0.15) is 0 Å². The summed E-state index contributed by atoms with van der Waals surface area (Å²) in [7, 11) is 0. The van der Waals surface area contributed by atoms with Crippen LogP contribution in [0.15, 0.2) is 24.3 Å². The summed E-state index contributed by atoms with van der Waals surface area (Å²) >= 11 is 0. The van der Waals surface area contributed by atoms with Gasteiger partial charge in [0.05, 0.1) is 6.61 Å². The van der Waals surface area contributed by atoms with Crippen LogP contribution in [0.4, 0.5) is 4.79 Å². The number of piperidine rings is 1. The van der Waals surface area contributed by atoms with E-state index < -0.39 is 0 Å². The van der Waals surface area contributed by atoms with Gasteiger partial charge in [-0.3, -0.25) is 0 Å². The van der Waals surface area contributed by atoms with Gasteiger partial charge in [0.25, 0.3) is 0 Å². The zero-order valence-corrected chi connectivity index (χ0v) is 14.5. The van der Waals surface area contributed by atoms with Gasteiger partial charge in [0, 0.05) is 25.7 Å². The highest BCUT2D eigenvalue weighted by molar-refractivity contribution is 5.74. The van der Waals surface area contributed by atoms with Crippen molar-refractivity contribution in [1.82, 2.24) is 10.2 Å². The first-order valence-electron chi connectivity index (χ1n) is 9.17. The van der Waals surface area contributed by atoms with E-state index in [1.165, 1.54) is 18.4 Å². The first kappa shape index (κ1) is 17.1. The molecule has 132 valence electrons. The Morgan fingerprint density at radius 2 is 1.92 bits per heavy atom. The number of benzene rings is 1. The highest BCUT2D eigenvalue weighted by Crippen LogP contribution is 2.35. The van der Waals surface area contributed by atoms with E-state index in [0.717, 1.165) is 38.3 Å². The van der Waals surface area contributed by atoms with Gasteiger partial charge in [-0.05, 0) is 55.2 Å². The summed E-state index contributed by atoms with van der Waals surface area (Å²) in [6.07, 6.45) is 4.18. The molecule has 1 aromatic carbocycles. The largest absolute Gasteiger partial charge is 0.494 e. The van der Waals surface area contributed by atoms with Crippen LogP contribution in [0.5, 0.6) is 5.75 Å². The van der Waals surface area contributed by atoms with Crippen LogP contribution in [0.1, 0.15) is 31.7 Å². The molecule has 0 radical (unpaired) electrons. The number of carbonyl (C=O) groups excluding carboxylic acids is 1. The third kappa shape index (κ3) is 4.01. The minimum absolute atomic E-state index is 0.0571. The zero-order chi connectivity index (χ0) is 16.9. The van der Waals surface area contributed by atoms with Gasteiger partial charge in [0.15, 0.2) is 0 Å². The number of urea groups is 1. The van der Waals surface area contributed by atoms with E-state index in [9.17, 15) is 4.79 Å². The van der Waals surface area contributed by atoms with E-state index in [4.69, 9.17) is 10.5 Å². The van der Waals surface area contributed by atoms with Crippen molar-refractivity contribution in [3.8, 4) is 5.75 Å². The van der Waals surface area contributed by atoms with E-state index in [-0.39, 0.29) is 6.03 Å². The molecule has 3 atom stereocenters. The molecule has 0 spiro atoms. The highest BCUT2D eigenvalue weighted by Gasteiger charge is 2.41. The van der Waals surface area contributed by atoms with Crippen LogP contribution in [0, 0.1) is 11.8 Å². The molecule has 5 nitrogen and oxygen atoms in total. The first-order chi connectivity index (χ1) is 11.7. The predicted molar refractivity (Wildman–Crippen MR) is 95.1 cm³/mol. The number of nitrogens with two attached hydrogens (primary N) is 1. The van der Waals surface area contributed by atoms with Gasteiger partial charge < -0.3 is 20.7 Å². The maximum absolute atomic E-state index is 12.3. The number of hydrogen-bond acceptors (Lipinski definition) is 3. The minimum Gasteiger partial charge on any atom is -0.494 e. The summed E-state index contributed by atoms with van der Waals surface area (Å²) in [6, 6.07) is 8.48. The molecular weight excluding hydrogens is 302 g/mol. The molecule has 1 saturated heterocycles. The third-order valence-electron chi connectivity index (χ3n) is 5.28. The van der Waals surface area contributed by atoms with Crippen molar-refractivity contribution in [1.29, 1.82) is 0 Å². The second-order valence-corrected chi connectivity index (χ2v) is 7.05. The van der Waals surface area contributed by atoms with Crippen molar-refractivity contribution in [2.24, 2.45) is 17.6 Å². The number of fused-ring (bicyclic) bond motifs is 2. The number of rotatable bonds is 6. The van der Waals surface area contributed by atoms with Crippen molar-refractivity contribution in [2.45, 2.75) is 38.6 Å². The van der Waals surface area contributed by atoms with Crippen LogP contribution in [0.25, 0.3) is 0 Å². The summed E-state index contributed by atoms with van der Waals surface area (Å²) in [4.78, 5) is 14.3. The van der Waals surface area contributed by atoms with Crippen LogP contribution in [-0.4, -0.2) is 43.2 Å². The normalized spacial score (nSPS) is 25.6. The molecule has 2 bridgehead atoms. The van der Waals surface area contributed by atoms with Gasteiger partial charge in [0.1, 0.15) is 5.75 Å². The SMILES string of the molecule is CCCOc1ccc(CCNC(=O)N2C[C@H]3CC[C@@H](C2)C3N)cc1. The van der Waals surface area contributed by atoms with E-state index in [2.05, 4.69) is 24.4 Å². The Morgan fingerprint density at radius 3 is 2.54 bits per heavy atom. The first-order valence-corrected chi connectivity index (χ1v) is 9.17. The molecule has 1 aromatic rings. The Morgan fingerprint density at radius 1 is 1.25 bits per heavy atom. The zero-order valence-electron chi connectivity index (χ0n) is 14.5. The van der Waals surface area contributed by atoms with E-state index in [0.29, 0.717) is 24.4 Å². The van der Waals surface area contributed by atoms with Crippen LogP contribution in [-0.2, 0) is 6.42 Å². The molecular formula is C19H29N3O2. The van der Waals surface area contributed by atoms with E-state index in [1.54, 1.807) is 0 Å². The molecule has 1 aliphatic carbocycles. The number of nitrogens with one attached hydrogen (secondary N) is 1. The number of carbonyl (C=O) groups is 1. The molecule has 1 saturated carbocycles. The quantitative estimate of drug-likeness (QED) is 0.841. The smallest absolute Gasteiger partial charge is 0.317 e. The van der Waals surface area contributed by atoms with Crippen molar-refractivity contribution in [3.05, 3.63) is 29.8 Å². The van der Waals surface area contributed by atoms with Crippen molar-refractivity contribution >= 4 is 6.03 Å². The molecule has 2 aliphatic rings. The molecule has 5 heteroatoms. The molecule has 3 N–H and O–H groups in total. The molecule has 2 fully saturated rings. The Bertz CT molecular complexity index is 532. The fourth-order valence-corrected chi connectivity index (χ4v) is 3.83. The highest BCUT2D eigenvalue weighted by atomic mass is 16.5. The summed E-state index contributed by atoms with van der Waals surface area (Å²) in [5.41, 5.74) is 7.40. The Kier molecular flexibility index (Phi) is 5.61. The number of hydrogen-bond donors (Lipinski definition) is 2. The second-order valence-electron chi connectivity index (χ2n) is 7.05. The summed E-state index contributed by atoms with van der Waals surface area (Å²) in [6.45, 7) is 5.13. The predicted octanol–water partition coefficient (Wildman–Crippen LogP) is 2.40. The monoisotopic (exact) mass is 331 g/mol. The average Bonchev–Trinajstić information content (AvgIpc) is 2.82. The van der Waals surface area contributed by atoms with Crippen LogP contribution in [0.3, 0.4) is 0 Å². The van der Waals surface area contributed by atoms with Gasteiger partial charge in [-0.1, -0.05) is 19.1 Å². The summed E-state index contributed by atoms with van der Waals surface area (Å²) in [5, 5.41) is 3.05. The van der Waals surface area contributed by atoms with Crippen LogP contribution < -0.4 is 15.8 Å². The van der Waals surface area contributed by atoms with Gasteiger partial charge in [0.2, 0.25) is 0 Å². The lowest BCUT2D eigenvalue weighted by Gasteiger charge is -2.36. The fraction of sp³-hybridized carbons (Fsp3) is 0.632.